The molecule has 10 rings (SSSR count). The molecule has 20 nitrogen and oxygen atoms in total. The normalized spacial score (nSPS) is 14.1. The van der Waals surface area contributed by atoms with Crippen LogP contribution in [0.5, 0.6) is 12.0 Å². The summed E-state index contributed by atoms with van der Waals surface area (Å²) in [6.45, 7) is 12.1. The minimum Gasteiger partial charge on any atom is -0.468 e. The molecule has 7 aromatic rings. The summed E-state index contributed by atoms with van der Waals surface area (Å²) < 4.78 is 18.2. The van der Waals surface area contributed by atoms with Crippen molar-refractivity contribution in [1.29, 1.82) is 0 Å². The van der Waals surface area contributed by atoms with Gasteiger partial charge in [0.2, 0.25) is 11.8 Å². The van der Waals surface area contributed by atoms with Gasteiger partial charge in [0.15, 0.2) is 17.0 Å². The first-order chi connectivity index (χ1) is 35.3. The monoisotopic (exact) mass is 1010 g/mol. The van der Waals surface area contributed by atoms with Crippen LogP contribution in [0.2, 0.25) is 0 Å². The number of aliphatic hydroxyl groups excluding tert-OH is 1. The SMILES string of the molecule is CCCCOc1nc(N)c2c(n1)N(Cc1ccc(CN3CCOCC3)cc1)C(=O)C2.COc1nc2c(N)nc(C)nc2n1Cc1ccc(CO)cc1.Cc1nc(N)c2c(n1)N(Cc1ccc(CCl)cc1)C(=O)C2. The lowest BCUT2D eigenvalue weighted by Gasteiger charge is -2.26. The molecule has 0 radical (unpaired) electrons. The van der Waals surface area contributed by atoms with Crippen LogP contribution in [0.25, 0.3) is 11.2 Å². The van der Waals surface area contributed by atoms with E-state index in [0.717, 1.165) is 79.1 Å². The smallest absolute Gasteiger partial charge is 0.320 e. The molecular formula is C52H61ClN14O6. The largest absolute Gasteiger partial charge is 0.468 e. The van der Waals surface area contributed by atoms with E-state index < -0.39 is 0 Å². The highest BCUT2D eigenvalue weighted by Gasteiger charge is 2.33. The summed E-state index contributed by atoms with van der Waals surface area (Å²) in [4.78, 5) is 60.6. The number of nitrogens with two attached hydrogens (primary N) is 3. The number of imidazole rings is 1. The number of halogens is 1. The number of aryl methyl sites for hydroxylation is 2. The quantitative estimate of drug-likeness (QED) is 0.0717. The molecule has 0 unspecified atom stereocenters. The number of amides is 2. The van der Waals surface area contributed by atoms with E-state index >= 15 is 0 Å². The van der Waals surface area contributed by atoms with Gasteiger partial charge in [0, 0.05) is 36.6 Å². The number of nitrogen functional groups attached to an aromatic ring is 3. The summed E-state index contributed by atoms with van der Waals surface area (Å²) in [6.07, 6.45) is 2.43. The number of benzene rings is 3. The van der Waals surface area contributed by atoms with Gasteiger partial charge < -0.3 is 36.5 Å². The van der Waals surface area contributed by atoms with Gasteiger partial charge >= 0.3 is 6.01 Å². The zero-order valence-electron chi connectivity index (χ0n) is 41.6. The highest BCUT2D eigenvalue weighted by atomic mass is 35.5. The summed E-state index contributed by atoms with van der Waals surface area (Å²) in [5.41, 5.74) is 26.8. The van der Waals surface area contributed by atoms with Gasteiger partial charge in [-0.25, -0.2) is 19.9 Å². The first kappa shape index (κ1) is 51.8. The van der Waals surface area contributed by atoms with Crippen LogP contribution in [0.15, 0.2) is 72.8 Å². The van der Waals surface area contributed by atoms with Crippen molar-refractivity contribution in [2.75, 3.05) is 67.0 Å². The number of morpholine rings is 1. The third-order valence-corrected chi connectivity index (χ3v) is 12.8. The van der Waals surface area contributed by atoms with Gasteiger partial charge in [0.1, 0.15) is 34.9 Å². The van der Waals surface area contributed by atoms with Crippen molar-refractivity contribution in [1.82, 2.24) is 44.4 Å². The molecule has 382 valence electrons. The number of unbranched alkanes of at least 4 members (excludes halogenated alkanes) is 1. The number of aromatic nitrogens is 8. The standard InChI is InChI=1S/C22H29N5O3.C15H15ClN4O.C15H17N5O2/c1-2-3-10-30-22-24-20(23)18-13-19(28)27(21(18)25-22)15-17-6-4-16(5-7-17)14-26-8-11-29-12-9-26;1-9-18-14(17)12-6-13(21)20(15(12)19-9)8-11-4-2-10(7-16)3-5-11;1-9-17-13(16)12-14(18-9)20(15(19-12)22-2)7-10-3-5-11(8-21)6-4-10/h4-7H,2-3,8-15H2,1H3,(H2,23,24,25);2-5H,6-8H2,1H3,(H2,17,18,19);3-6,21H,7-8H2,1-2H3,(H2,16,17,18). The summed E-state index contributed by atoms with van der Waals surface area (Å²) in [6, 6.07) is 24.6. The van der Waals surface area contributed by atoms with E-state index in [1.807, 2.05) is 53.1 Å². The molecular weight excluding hydrogens is 952 g/mol. The molecule has 7 N–H and O–H groups in total. The molecule has 0 bridgehead atoms. The lowest BCUT2D eigenvalue weighted by molar-refractivity contribution is -0.118. The lowest BCUT2D eigenvalue weighted by Crippen LogP contribution is -2.35. The van der Waals surface area contributed by atoms with Crippen molar-refractivity contribution in [2.24, 2.45) is 0 Å². The Hall–Kier alpha value is -7.52. The van der Waals surface area contributed by atoms with Gasteiger partial charge in [-0.15, -0.1) is 11.6 Å². The number of hydrogen-bond donors (Lipinski definition) is 4. The Morgan fingerprint density at radius 3 is 1.71 bits per heavy atom. The Balaban J connectivity index is 0.000000149. The molecule has 1 fully saturated rings. The van der Waals surface area contributed by atoms with Crippen LogP contribution in [0.4, 0.5) is 29.1 Å². The van der Waals surface area contributed by atoms with Gasteiger partial charge in [-0.3, -0.25) is 28.9 Å². The van der Waals surface area contributed by atoms with E-state index in [1.54, 1.807) is 30.8 Å². The van der Waals surface area contributed by atoms with Crippen LogP contribution >= 0.6 is 11.6 Å². The molecule has 0 aliphatic carbocycles. The van der Waals surface area contributed by atoms with E-state index in [0.29, 0.717) is 95.6 Å². The maximum absolute atomic E-state index is 12.6. The number of rotatable bonds is 15. The van der Waals surface area contributed by atoms with Gasteiger partial charge in [0.25, 0.3) is 6.01 Å². The van der Waals surface area contributed by atoms with Gasteiger partial charge in [0.05, 0.1) is 66.0 Å². The number of carbonyl (C=O) groups excluding carboxylic acids is 2. The van der Waals surface area contributed by atoms with Crippen molar-refractivity contribution in [3.8, 4) is 12.0 Å². The first-order valence-electron chi connectivity index (χ1n) is 24.1. The zero-order valence-corrected chi connectivity index (χ0v) is 42.3. The number of alkyl halides is 1. The second-order valence-corrected chi connectivity index (χ2v) is 18.1. The number of ether oxygens (including phenoxy) is 3. The number of aliphatic hydroxyl groups is 1. The Morgan fingerprint density at radius 1 is 0.644 bits per heavy atom. The second-order valence-electron chi connectivity index (χ2n) is 17.8. The third-order valence-electron chi connectivity index (χ3n) is 12.4. The van der Waals surface area contributed by atoms with Crippen molar-refractivity contribution < 1.29 is 28.9 Å². The molecule has 21 heteroatoms. The zero-order chi connectivity index (χ0) is 51.6. The highest BCUT2D eigenvalue weighted by Crippen LogP contribution is 2.34. The van der Waals surface area contributed by atoms with Crippen LogP contribution in [-0.2, 0) is 65.8 Å². The number of nitrogens with zero attached hydrogens (tertiary/aromatic N) is 11. The van der Waals surface area contributed by atoms with E-state index in [9.17, 15) is 9.59 Å². The lowest BCUT2D eigenvalue weighted by atomic mass is 10.1. The maximum atomic E-state index is 12.6. The highest BCUT2D eigenvalue weighted by molar-refractivity contribution is 6.17. The number of fused-ring (bicyclic) bond motifs is 3. The topological polar surface area (TPSA) is 265 Å². The third kappa shape index (κ3) is 12.6. The van der Waals surface area contributed by atoms with E-state index in [2.05, 4.69) is 71.0 Å². The molecule has 0 spiro atoms. The summed E-state index contributed by atoms with van der Waals surface area (Å²) in [5, 5.41) is 9.10. The number of carbonyl (C=O) groups is 2. The molecule has 1 saturated heterocycles. The van der Waals surface area contributed by atoms with Crippen LogP contribution in [0.1, 0.15) is 75.9 Å². The van der Waals surface area contributed by atoms with E-state index in [1.165, 1.54) is 5.56 Å². The van der Waals surface area contributed by atoms with Crippen molar-refractivity contribution in [2.45, 2.75) is 85.1 Å². The Kier molecular flexibility index (Phi) is 16.9. The Morgan fingerprint density at radius 2 is 1.15 bits per heavy atom. The fourth-order valence-electron chi connectivity index (χ4n) is 8.50. The molecule has 0 saturated carbocycles. The van der Waals surface area contributed by atoms with Crippen LogP contribution in [0.3, 0.4) is 0 Å². The molecule has 3 aliphatic rings. The number of methoxy groups -OCH3 is 1. The predicted octanol–water partition coefficient (Wildman–Crippen LogP) is 5.62. The molecule has 2 amide bonds. The average molecular weight is 1010 g/mol. The number of hydrogen-bond acceptors (Lipinski definition) is 17. The van der Waals surface area contributed by atoms with Crippen molar-refractivity contribution >= 4 is 63.7 Å². The number of anilines is 5. The molecule has 4 aromatic heterocycles. The molecule has 7 heterocycles. The summed E-state index contributed by atoms with van der Waals surface area (Å²) in [5.74, 6) is 3.88. The Labute approximate surface area is 428 Å². The fraction of sp³-hybridized carbons (Fsp3) is 0.365. The van der Waals surface area contributed by atoms with Crippen molar-refractivity contribution in [3.05, 3.63) is 129 Å². The minimum atomic E-state index is -0.0194. The molecule has 3 aliphatic heterocycles. The minimum absolute atomic E-state index is 0.00183. The van der Waals surface area contributed by atoms with Crippen LogP contribution in [0, 0.1) is 13.8 Å². The first-order valence-corrected chi connectivity index (χ1v) is 24.7. The Bertz CT molecular complexity index is 3040. The summed E-state index contributed by atoms with van der Waals surface area (Å²) >= 11 is 5.78. The average Bonchev–Trinajstić information content (AvgIpc) is 4.02. The molecule has 73 heavy (non-hydrogen) atoms. The second kappa shape index (κ2) is 23.8. The fourth-order valence-corrected chi connectivity index (χ4v) is 8.67. The predicted molar refractivity (Wildman–Crippen MR) is 279 cm³/mol. The van der Waals surface area contributed by atoms with Crippen molar-refractivity contribution in [3.63, 3.8) is 0 Å². The van der Waals surface area contributed by atoms with Gasteiger partial charge in [-0.1, -0.05) is 86.1 Å². The van der Waals surface area contributed by atoms with E-state index in [-0.39, 0.29) is 37.3 Å². The van der Waals surface area contributed by atoms with Gasteiger partial charge in [-0.2, -0.15) is 15.0 Å². The van der Waals surface area contributed by atoms with Gasteiger partial charge in [-0.05, 0) is 53.6 Å². The van der Waals surface area contributed by atoms with Crippen LogP contribution in [-0.4, -0.2) is 101 Å². The maximum Gasteiger partial charge on any atom is 0.320 e. The van der Waals surface area contributed by atoms with E-state index in [4.69, 9.17) is 48.1 Å². The molecule has 0 atom stereocenters. The summed E-state index contributed by atoms with van der Waals surface area (Å²) in [7, 11) is 1.56. The molecule has 3 aromatic carbocycles. The van der Waals surface area contributed by atoms with Crippen LogP contribution < -0.4 is 36.5 Å².